The van der Waals surface area contributed by atoms with Crippen LogP contribution in [0.25, 0.3) is 0 Å². The fraction of sp³-hybridized carbons (Fsp3) is 0. The van der Waals surface area contributed by atoms with E-state index in [2.05, 4.69) is 4.31 Å². The van der Waals surface area contributed by atoms with E-state index in [1.807, 2.05) is 0 Å². The van der Waals surface area contributed by atoms with Crippen LogP contribution in [0.1, 0.15) is 1.43 Å². The van der Waals surface area contributed by atoms with Crippen molar-refractivity contribution in [2.75, 3.05) is 0 Å². The minimum atomic E-state index is -5.05. The molecule has 0 unspecified atom stereocenters. The van der Waals surface area contributed by atoms with Crippen LogP contribution in [-0.4, -0.2) is 57.3 Å². The van der Waals surface area contributed by atoms with Crippen LogP contribution in [0.3, 0.4) is 0 Å². The van der Waals surface area contributed by atoms with Gasteiger partial charge in [-0.25, -0.2) is 9.13 Å². The Balaban J connectivity index is -0.000000107. The predicted molar refractivity (Wildman–Crippen MR) is 34.8 cm³/mol. The van der Waals surface area contributed by atoms with Crippen LogP contribution >= 0.6 is 15.6 Å². The first-order valence-electron chi connectivity index (χ1n) is 1.53. The van der Waals surface area contributed by atoms with Crippen LogP contribution in [0.4, 0.5) is 0 Å². The molecule has 11 heteroatoms. The van der Waals surface area contributed by atoms with E-state index in [0.29, 0.717) is 0 Å². The Bertz CT molecular complexity index is 162. The third-order valence-electron chi connectivity index (χ3n) is 0.213. The van der Waals surface area contributed by atoms with Crippen molar-refractivity contribution in [3.8, 4) is 0 Å². The summed E-state index contributed by atoms with van der Waals surface area (Å²) in [5.74, 6) is 0. The first kappa shape index (κ1) is 18.3. The maximum absolute atomic E-state index is 9.63. The molecule has 0 aromatic rings. The monoisotopic (exact) mass is 240 g/mol. The summed E-state index contributed by atoms with van der Waals surface area (Å²) in [4.78, 5) is 31.0. The van der Waals surface area contributed by atoms with Gasteiger partial charge >= 0.3 is 54.8 Å². The largest absolute Gasteiger partial charge is 1.00 e. The van der Waals surface area contributed by atoms with Gasteiger partial charge in [0.05, 0.1) is 0 Å². The van der Waals surface area contributed by atoms with E-state index in [-0.39, 0.29) is 43.9 Å². The smallest absolute Gasteiger partial charge is 1.00 e. The molecule has 0 atom stereocenters. The van der Waals surface area contributed by atoms with E-state index < -0.39 is 15.6 Å². The Morgan fingerprint density at radius 2 is 1.18 bits per heavy atom. The molecule has 11 heavy (non-hydrogen) atoms. The molecular formula is H7CaFO7P2. The van der Waals surface area contributed by atoms with E-state index in [1.54, 1.807) is 0 Å². The number of halogens is 1. The summed E-state index contributed by atoms with van der Waals surface area (Å²) in [5, 5.41) is 0. The van der Waals surface area contributed by atoms with Crippen LogP contribution in [0.5, 0.6) is 0 Å². The number of hydrogen-bond acceptors (Lipinski definition) is 3. The minimum absolute atomic E-state index is 0. The molecule has 0 saturated carbocycles. The van der Waals surface area contributed by atoms with Crippen LogP contribution in [0.2, 0.25) is 0 Å². The molecule has 0 rings (SSSR count). The van der Waals surface area contributed by atoms with Crippen molar-refractivity contribution >= 4 is 53.4 Å². The van der Waals surface area contributed by atoms with Gasteiger partial charge in [0, 0.05) is 0 Å². The Kier molecular flexibility index (Phi) is 9.95. The van der Waals surface area contributed by atoms with Crippen LogP contribution in [0, 0.1) is 0 Å². The normalized spacial score (nSPS) is 11.3. The minimum Gasteiger partial charge on any atom is -1.00 e. The number of rotatable bonds is 2. The average Bonchev–Trinajstić information content (AvgIpc) is 1.14. The number of hydrogen-bond donors (Lipinski definition) is 4. The molecule has 0 aliphatic carbocycles. The molecule has 7 nitrogen and oxygen atoms in total. The summed E-state index contributed by atoms with van der Waals surface area (Å²) in [5.41, 5.74) is 0. The van der Waals surface area contributed by atoms with Gasteiger partial charge in [-0.1, -0.05) is 0 Å². The van der Waals surface area contributed by atoms with E-state index in [1.165, 1.54) is 0 Å². The quantitative estimate of drug-likeness (QED) is 0.282. The standard InChI is InChI=1S/Ca.FH.H4O7P2.2H/c;;1-8(2,3)7-9(4,5)6;;/h;1H;(H2,1,2,3)(H2,4,5,6);;. The van der Waals surface area contributed by atoms with Gasteiger partial charge in [-0.3, -0.25) is 0 Å². The molecule has 0 saturated heterocycles. The number of phosphoric acid groups is 2. The van der Waals surface area contributed by atoms with Gasteiger partial charge in [0.15, 0.2) is 0 Å². The third kappa shape index (κ3) is 18.4. The van der Waals surface area contributed by atoms with Crippen molar-refractivity contribution in [3.63, 3.8) is 0 Å². The molecule has 0 spiro atoms. The first-order chi connectivity index (χ1) is 3.71. The van der Waals surface area contributed by atoms with Crippen molar-refractivity contribution in [2.45, 2.75) is 0 Å². The van der Waals surface area contributed by atoms with Crippen LogP contribution in [0.15, 0.2) is 0 Å². The third-order valence-corrected chi connectivity index (χ3v) is 1.91. The Labute approximate surface area is 92.1 Å². The van der Waals surface area contributed by atoms with E-state index in [9.17, 15) is 9.13 Å². The molecular weight excluding hydrogens is 233 g/mol. The van der Waals surface area contributed by atoms with Crippen LogP contribution < -0.4 is 4.70 Å². The average molecular weight is 240 g/mol. The summed E-state index contributed by atoms with van der Waals surface area (Å²) in [6, 6.07) is 0. The molecule has 0 heterocycles. The first-order valence-corrected chi connectivity index (χ1v) is 4.59. The second-order valence-electron chi connectivity index (χ2n) is 1.06. The topological polar surface area (TPSA) is 124 Å². The Morgan fingerprint density at radius 1 is 1.00 bits per heavy atom. The van der Waals surface area contributed by atoms with Crippen molar-refractivity contribution in [1.82, 2.24) is 0 Å². The van der Waals surface area contributed by atoms with Gasteiger partial charge in [0.2, 0.25) is 0 Å². The van der Waals surface area contributed by atoms with Gasteiger partial charge in [0.1, 0.15) is 0 Å². The fourth-order valence-corrected chi connectivity index (χ4v) is 1.25. The molecule has 0 aromatic carbocycles. The molecule has 0 radical (unpaired) electrons. The van der Waals surface area contributed by atoms with Gasteiger partial charge in [0.25, 0.3) is 0 Å². The van der Waals surface area contributed by atoms with E-state index in [4.69, 9.17) is 19.6 Å². The second kappa shape index (κ2) is 5.99. The maximum Gasteiger partial charge on any atom is 1.00 e. The predicted octanol–water partition coefficient (Wildman–Crippen LogP) is -4.61. The summed E-state index contributed by atoms with van der Waals surface area (Å²) < 4.78 is 22.2. The van der Waals surface area contributed by atoms with Gasteiger partial charge in [-0.05, 0) is 0 Å². The summed E-state index contributed by atoms with van der Waals surface area (Å²) in [6.07, 6.45) is 0. The zero-order valence-electron chi connectivity index (χ0n) is 5.29. The Hall–Kier alpha value is 1.45. The molecule has 0 aromatic heterocycles. The van der Waals surface area contributed by atoms with Crippen LogP contribution in [-0.2, 0) is 13.4 Å². The molecule has 0 bridgehead atoms. The zero-order chi connectivity index (χ0) is 7.71. The van der Waals surface area contributed by atoms with Crippen molar-refractivity contribution in [3.05, 3.63) is 0 Å². The molecule has 0 aliphatic rings. The zero-order valence-corrected chi connectivity index (χ0v) is 6.07. The van der Waals surface area contributed by atoms with Crippen molar-refractivity contribution in [1.29, 1.82) is 0 Å². The second-order valence-corrected chi connectivity index (χ2v) is 3.68. The summed E-state index contributed by atoms with van der Waals surface area (Å²) >= 11 is 0. The van der Waals surface area contributed by atoms with E-state index >= 15 is 0 Å². The Morgan fingerprint density at radius 3 is 1.18 bits per heavy atom. The summed E-state index contributed by atoms with van der Waals surface area (Å²) in [7, 11) is -10.1. The SMILES string of the molecule is O=P(O)(O)OP(=O)(O)O.[CaH2].[F-].[H+]. The van der Waals surface area contributed by atoms with Crippen molar-refractivity contribution in [2.24, 2.45) is 0 Å². The van der Waals surface area contributed by atoms with Crippen molar-refractivity contribution < 1.29 is 39.1 Å². The van der Waals surface area contributed by atoms with E-state index in [0.717, 1.165) is 0 Å². The fourth-order valence-electron chi connectivity index (χ4n) is 0.139. The summed E-state index contributed by atoms with van der Waals surface area (Å²) in [6.45, 7) is 0. The molecule has 68 valence electrons. The molecule has 0 amide bonds. The van der Waals surface area contributed by atoms with Gasteiger partial charge < -0.3 is 24.3 Å². The molecule has 0 fully saturated rings. The van der Waals surface area contributed by atoms with Gasteiger partial charge in [-0.2, -0.15) is 4.31 Å². The van der Waals surface area contributed by atoms with Gasteiger partial charge in [-0.15, -0.1) is 0 Å². The molecule has 0 aliphatic heterocycles. The maximum atomic E-state index is 9.63. The molecule has 4 N–H and O–H groups in total.